The van der Waals surface area contributed by atoms with Crippen molar-refractivity contribution >= 4 is 15.9 Å². The van der Waals surface area contributed by atoms with Gasteiger partial charge < -0.3 is 4.74 Å². The van der Waals surface area contributed by atoms with Gasteiger partial charge in [0, 0.05) is 0 Å². The second-order valence-electron chi connectivity index (χ2n) is 9.16. The molecule has 2 aromatic carbocycles. The summed E-state index contributed by atoms with van der Waals surface area (Å²) in [7, 11) is 0. The Bertz CT molecular complexity index is 746. The number of ether oxygens (including phenoxy) is 1. The summed E-state index contributed by atoms with van der Waals surface area (Å²) in [6, 6.07) is 15.7. The predicted octanol–water partition coefficient (Wildman–Crippen LogP) is 9.37. The van der Waals surface area contributed by atoms with Gasteiger partial charge in [-0.2, -0.15) is 0 Å². The third-order valence-corrected chi connectivity index (χ3v) is 7.20. The van der Waals surface area contributed by atoms with E-state index in [0.717, 1.165) is 22.6 Å². The molecule has 0 heterocycles. The minimum atomic E-state index is 0.257. The molecule has 0 spiro atoms. The third-order valence-electron chi connectivity index (χ3n) is 6.58. The molecule has 0 saturated heterocycles. The molecular weight excluding hydrogens is 432 g/mol. The van der Waals surface area contributed by atoms with Gasteiger partial charge in [0.05, 0.1) is 10.6 Å². The maximum atomic E-state index is 6.18. The third kappa shape index (κ3) is 7.45. The molecule has 1 unspecified atom stereocenters. The van der Waals surface area contributed by atoms with Gasteiger partial charge in [0.2, 0.25) is 0 Å². The first kappa shape index (κ1) is 23.4. The Hall–Kier alpha value is -1.28. The molecule has 0 amide bonds. The zero-order chi connectivity index (χ0) is 21.2. The van der Waals surface area contributed by atoms with Gasteiger partial charge >= 0.3 is 0 Å². The lowest BCUT2D eigenvalue weighted by atomic mass is 9.85. The van der Waals surface area contributed by atoms with Gasteiger partial charge in [-0.15, -0.1) is 0 Å². The highest BCUT2D eigenvalue weighted by atomic mass is 79.9. The van der Waals surface area contributed by atoms with Crippen LogP contribution in [-0.2, 0) is 6.42 Å². The molecule has 1 saturated carbocycles. The number of unbranched alkanes of at least 4 members (excludes halogenated alkanes) is 3. The molecule has 1 aliphatic carbocycles. The van der Waals surface area contributed by atoms with Crippen LogP contribution in [0.3, 0.4) is 0 Å². The van der Waals surface area contributed by atoms with E-state index in [1.54, 1.807) is 0 Å². The summed E-state index contributed by atoms with van der Waals surface area (Å²) in [6.45, 7) is 4.43. The summed E-state index contributed by atoms with van der Waals surface area (Å²) < 4.78 is 7.22. The van der Waals surface area contributed by atoms with Crippen molar-refractivity contribution in [3.05, 3.63) is 52.5 Å². The Kier molecular flexibility index (Phi) is 9.78. The van der Waals surface area contributed by atoms with Crippen LogP contribution in [0.5, 0.6) is 5.75 Å². The monoisotopic (exact) mass is 470 g/mol. The second kappa shape index (κ2) is 12.5. The minimum absolute atomic E-state index is 0.257. The molecule has 1 aliphatic rings. The van der Waals surface area contributed by atoms with Crippen LogP contribution in [0.25, 0.3) is 11.1 Å². The molecule has 3 rings (SSSR count). The molecule has 0 N–H and O–H groups in total. The maximum Gasteiger partial charge on any atom is 0.133 e. The van der Waals surface area contributed by atoms with Gasteiger partial charge in [0.1, 0.15) is 5.75 Å². The van der Waals surface area contributed by atoms with Gasteiger partial charge in [-0.05, 0) is 83.3 Å². The van der Waals surface area contributed by atoms with Crippen LogP contribution < -0.4 is 4.74 Å². The molecule has 164 valence electrons. The molecule has 30 heavy (non-hydrogen) atoms. The van der Waals surface area contributed by atoms with Crippen molar-refractivity contribution in [1.82, 2.24) is 0 Å². The number of hydrogen-bond donors (Lipinski definition) is 0. The van der Waals surface area contributed by atoms with Crippen molar-refractivity contribution in [2.75, 3.05) is 0 Å². The molecule has 0 aromatic heterocycles. The van der Waals surface area contributed by atoms with Crippen molar-refractivity contribution in [1.29, 1.82) is 0 Å². The first-order valence-corrected chi connectivity index (χ1v) is 13.0. The summed E-state index contributed by atoms with van der Waals surface area (Å²) in [5.41, 5.74) is 3.99. The van der Waals surface area contributed by atoms with E-state index in [0.29, 0.717) is 0 Å². The Morgan fingerprint density at radius 3 is 2.37 bits per heavy atom. The fourth-order valence-corrected chi connectivity index (χ4v) is 5.09. The van der Waals surface area contributed by atoms with E-state index in [2.05, 4.69) is 72.2 Å². The molecule has 0 bridgehead atoms. The van der Waals surface area contributed by atoms with Crippen molar-refractivity contribution in [2.24, 2.45) is 5.92 Å². The van der Waals surface area contributed by atoms with E-state index in [1.807, 2.05) is 0 Å². The molecular formula is C28H39BrO. The Morgan fingerprint density at radius 1 is 0.933 bits per heavy atom. The summed E-state index contributed by atoms with van der Waals surface area (Å²) >= 11 is 3.72. The average molecular weight is 472 g/mol. The molecule has 1 nitrogen and oxygen atoms in total. The first-order chi connectivity index (χ1) is 14.7. The molecule has 1 fully saturated rings. The Balaban J connectivity index is 1.52. The van der Waals surface area contributed by atoms with E-state index in [9.17, 15) is 0 Å². The lowest BCUT2D eigenvalue weighted by Crippen LogP contribution is -2.11. The number of aryl methyl sites for hydroxylation is 1. The molecule has 0 aliphatic heterocycles. The quantitative estimate of drug-likeness (QED) is 0.297. The fourth-order valence-electron chi connectivity index (χ4n) is 4.62. The van der Waals surface area contributed by atoms with E-state index >= 15 is 0 Å². The van der Waals surface area contributed by atoms with Gasteiger partial charge in [-0.1, -0.05) is 88.6 Å². The minimum Gasteiger partial charge on any atom is -0.490 e. The number of halogens is 1. The van der Waals surface area contributed by atoms with Crippen molar-refractivity contribution in [3.63, 3.8) is 0 Å². The zero-order valence-corrected chi connectivity index (χ0v) is 20.6. The second-order valence-corrected chi connectivity index (χ2v) is 10.0. The van der Waals surface area contributed by atoms with Crippen LogP contribution in [0.15, 0.2) is 46.9 Å². The standard InChI is InChI=1S/C28H39BrO/c1-3-4-5-7-10-22(2)30-28-20-19-26(21-27(28)29)25-17-15-24(16-18-25)14-13-23-11-8-6-9-12-23/h15-23H,3-14H2,1-2H3. The van der Waals surface area contributed by atoms with Gasteiger partial charge in [0.25, 0.3) is 0 Å². The molecule has 1 atom stereocenters. The van der Waals surface area contributed by atoms with Crippen molar-refractivity contribution < 1.29 is 4.74 Å². The number of rotatable bonds is 11. The topological polar surface area (TPSA) is 9.23 Å². The number of benzene rings is 2. The summed E-state index contributed by atoms with van der Waals surface area (Å²) in [4.78, 5) is 0. The largest absolute Gasteiger partial charge is 0.490 e. The average Bonchev–Trinajstić information content (AvgIpc) is 2.78. The van der Waals surface area contributed by atoms with E-state index in [1.165, 1.54) is 87.3 Å². The smallest absolute Gasteiger partial charge is 0.133 e. The summed E-state index contributed by atoms with van der Waals surface area (Å²) in [6.07, 6.45) is 16.3. The number of hydrogen-bond acceptors (Lipinski definition) is 1. The van der Waals surface area contributed by atoms with E-state index in [-0.39, 0.29) is 6.10 Å². The Labute approximate surface area is 192 Å². The van der Waals surface area contributed by atoms with Crippen LogP contribution in [0.1, 0.15) is 90.0 Å². The molecule has 0 radical (unpaired) electrons. The highest BCUT2D eigenvalue weighted by Gasteiger charge is 2.13. The van der Waals surface area contributed by atoms with E-state index in [4.69, 9.17) is 4.74 Å². The van der Waals surface area contributed by atoms with Crippen LogP contribution in [0.4, 0.5) is 0 Å². The lowest BCUT2D eigenvalue weighted by molar-refractivity contribution is 0.205. The van der Waals surface area contributed by atoms with Crippen LogP contribution in [0, 0.1) is 5.92 Å². The lowest BCUT2D eigenvalue weighted by Gasteiger charge is -2.21. The van der Waals surface area contributed by atoms with Crippen LogP contribution in [0.2, 0.25) is 0 Å². The van der Waals surface area contributed by atoms with Crippen LogP contribution in [-0.4, -0.2) is 6.10 Å². The van der Waals surface area contributed by atoms with Crippen LogP contribution >= 0.6 is 15.9 Å². The van der Waals surface area contributed by atoms with Gasteiger partial charge in [-0.25, -0.2) is 0 Å². The summed E-state index contributed by atoms with van der Waals surface area (Å²) in [5.74, 6) is 1.90. The highest BCUT2D eigenvalue weighted by Crippen LogP contribution is 2.32. The zero-order valence-electron chi connectivity index (χ0n) is 19.0. The van der Waals surface area contributed by atoms with E-state index < -0.39 is 0 Å². The van der Waals surface area contributed by atoms with Crippen molar-refractivity contribution in [2.45, 2.75) is 97.0 Å². The predicted molar refractivity (Wildman–Crippen MR) is 133 cm³/mol. The fraction of sp³-hybridized carbons (Fsp3) is 0.571. The molecule has 2 aromatic rings. The normalized spacial score (nSPS) is 15.8. The SMILES string of the molecule is CCCCCCC(C)Oc1ccc(-c2ccc(CCC3CCCCC3)cc2)cc1Br. The van der Waals surface area contributed by atoms with Crippen molar-refractivity contribution in [3.8, 4) is 16.9 Å². The molecule has 2 heteroatoms. The highest BCUT2D eigenvalue weighted by molar-refractivity contribution is 9.10. The summed E-state index contributed by atoms with van der Waals surface area (Å²) in [5, 5.41) is 0. The first-order valence-electron chi connectivity index (χ1n) is 12.2. The van der Waals surface area contributed by atoms with Gasteiger partial charge in [0.15, 0.2) is 0 Å². The Morgan fingerprint density at radius 2 is 1.67 bits per heavy atom. The van der Waals surface area contributed by atoms with Gasteiger partial charge in [-0.3, -0.25) is 0 Å². The maximum absolute atomic E-state index is 6.18.